The molecule has 0 unspecified atom stereocenters. The Bertz CT molecular complexity index is 73.1. The van der Waals surface area contributed by atoms with Crippen LogP contribution < -0.4 is 0 Å². The van der Waals surface area contributed by atoms with Gasteiger partial charge in [-0.2, -0.15) is 0 Å². The molecule has 0 spiro atoms. The number of hydrogen-bond donors (Lipinski definition) is 0. The van der Waals surface area contributed by atoms with Crippen LogP contribution in [0.1, 0.15) is 52.9 Å². The Hall–Kier alpha value is 0.799. The van der Waals surface area contributed by atoms with Crippen molar-refractivity contribution in [3.8, 4) is 0 Å². The van der Waals surface area contributed by atoms with Crippen molar-refractivity contribution in [2.24, 2.45) is 0 Å². The normalized spacial score (nSPS) is 11.0. The van der Waals surface area contributed by atoms with E-state index in [1.165, 1.54) is 32.1 Å². The van der Waals surface area contributed by atoms with Gasteiger partial charge in [0.1, 0.15) is 0 Å². The summed E-state index contributed by atoms with van der Waals surface area (Å²) in [7, 11) is 0. The summed E-state index contributed by atoms with van der Waals surface area (Å²) >= 11 is -0.938. The van der Waals surface area contributed by atoms with Crippen LogP contribution >= 0.6 is 0 Å². The van der Waals surface area contributed by atoms with Crippen LogP contribution in [0.2, 0.25) is 13.3 Å². The molecule has 0 aromatic heterocycles. The molecule has 0 aromatic rings. The summed E-state index contributed by atoms with van der Waals surface area (Å²) in [6.45, 7) is 7.02. The summed E-state index contributed by atoms with van der Waals surface area (Å²) in [6, 6.07) is 0. The van der Waals surface area contributed by atoms with Gasteiger partial charge in [0, 0.05) is 0 Å². The number of rotatable bonds is 8. The summed E-state index contributed by atoms with van der Waals surface area (Å²) in [6.07, 6.45) is 7.37. The molecule has 0 aliphatic rings. The van der Waals surface area contributed by atoms with E-state index in [0.717, 1.165) is 0 Å². The van der Waals surface area contributed by atoms with Crippen LogP contribution in [0.4, 0.5) is 0 Å². The van der Waals surface area contributed by atoms with Gasteiger partial charge in [-0.3, -0.25) is 0 Å². The minimum absolute atomic E-state index is 0.938. The zero-order valence-electron chi connectivity index (χ0n) is 9.23. The van der Waals surface area contributed by atoms with E-state index in [9.17, 15) is 0 Å². The standard InChI is InChI=1S/2C4H9.C3H7.Sn.H/c2*1-3-4-2;1-3-2;;/h2*1,3-4H2,2H3;1,3H2,2H3;;. The fourth-order valence-corrected chi connectivity index (χ4v) is 12.3. The van der Waals surface area contributed by atoms with Crippen LogP contribution in [0.15, 0.2) is 0 Å². The van der Waals surface area contributed by atoms with E-state index >= 15 is 0 Å². The van der Waals surface area contributed by atoms with Crippen LogP contribution in [-0.4, -0.2) is 19.8 Å². The molecule has 0 atom stereocenters. The van der Waals surface area contributed by atoms with Crippen molar-refractivity contribution in [3.63, 3.8) is 0 Å². The predicted molar refractivity (Wildman–Crippen MR) is 61.7 cm³/mol. The SMILES string of the molecule is CCC[CH2][SnH]([CH2]CC)[CH2]CCC. The zero-order chi connectivity index (χ0) is 9.23. The molecule has 1 heteroatoms. The Morgan fingerprint density at radius 3 is 1.50 bits per heavy atom. The van der Waals surface area contributed by atoms with E-state index in [-0.39, 0.29) is 0 Å². The maximum absolute atomic E-state index is 2.36. The van der Waals surface area contributed by atoms with Gasteiger partial charge < -0.3 is 0 Å². The minimum atomic E-state index is -0.938. The third-order valence-electron chi connectivity index (χ3n) is 2.63. The second kappa shape index (κ2) is 9.88. The van der Waals surface area contributed by atoms with E-state index in [1.54, 1.807) is 13.3 Å². The van der Waals surface area contributed by atoms with Crippen molar-refractivity contribution in [1.29, 1.82) is 0 Å². The molecule has 0 heterocycles. The first-order chi connectivity index (χ1) is 5.85. The van der Waals surface area contributed by atoms with E-state index in [0.29, 0.717) is 0 Å². The Labute approximate surface area is 85.9 Å². The topological polar surface area (TPSA) is 0 Å². The molecule has 0 fully saturated rings. The Morgan fingerprint density at radius 1 is 0.667 bits per heavy atom. The van der Waals surface area contributed by atoms with Crippen LogP contribution in [0, 0.1) is 0 Å². The number of unbranched alkanes of at least 4 members (excludes halogenated alkanes) is 2. The van der Waals surface area contributed by atoms with E-state index in [2.05, 4.69) is 20.8 Å². The monoisotopic (exact) mass is 278 g/mol. The van der Waals surface area contributed by atoms with Gasteiger partial charge in [-0.1, -0.05) is 0 Å². The quantitative estimate of drug-likeness (QED) is 0.582. The maximum atomic E-state index is 2.36. The van der Waals surface area contributed by atoms with Gasteiger partial charge >= 0.3 is 85.9 Å². The van der Waals surface area contributed by atoms with Crippen molar-refractivity contribution < 1.29 is 0 Å². The molecule has 12 heavy (non-hydrogen) atoms. The predicted octanol–water partition coefficient (Wildman–Crippen LogP) is 4.22. The third-order valence-corrected chi connectivity index (χ3v) is 13.6. The van der Waals surface area contributed by atoms with Crippen molar-refractivity contribution in [2.45, 2.75) is 66.2 Å². The molecule has 0 amide bonds. The summed E-state index contributed by atoms with van der Waals surface area (Å²) in [4.78, 5) is 0. The van der Waals surface area contributed by atoms with E-state index in [1.807, 2.05) is 0 Å². The Morgan fingerprint density at radius 2 is 1.17 bits per heavy atom. The van der Waals surface area contributed by atoms with E-state index in [4.69, 9.17) is 0 Å². The van der Waals surface area contributed by atoms with Crippen molar-refractivity contribution in [2.75, 3.05) is 0 Å². The molecule has 0 nitrogen and oxygen atoms in total. The van der Waals surface area contributed by atoms with Crippen molar-refractivity contribution >= 4 is 19.8 Å². The fraction of sp³-hybridized carbons (Fsp3) is 1.00. The molecule has 0 saturated heterocycles. The summed E-state index contributed by atoms with van der Waals surface area (Å²) in [5, 5.41) is 0. The Balaban J connectivity index is 3.40. The van der Waals surface area contributed by atoms with Gasteiger partial charge in [-0.05, 0) is 0 Å². The first-order valence-electron chi connectivity index (χ1n) is 5.85. The average molecular weight is 277 g/mol. The van der Waals surface area contributed by atoms with Crippen LogP contribution in [0.25, 0.3) is 0 Å². The average Bonchev–Trinajstić information content (AvgIpc) is 2.10. The summed E-state index contributed by atoms with van der Waals surface area (Å²) < 4.78 is 5.04. The van der Waals surface area contributed by atoms with Crippen LogP contribution in [0.3, 0.4) is 0 Å². The van der Waals surface area contributed by atoms with Gasteiger partial charge in [-0.15, -0.1) is 0 Å². The molecule has 0 radical (unpaired) electrons. The molecular weight excluding hydrogens is 251 g/mol. The van der Waals surface area contributed by atoms with Gasteiger partial charge in [0.05, 0.1) is 0 Å². The van der Waals surface area contributed by atoms with Crippen LogP contribution in [-0.2, 0) is 0 Å². The molecule has 0 saturated carbocycles. The van der Waals surface area contributed by atoms with Crippen LogP contribution in [0.5, 0.6) is 0 Å². The molecule has 0 aliphatic carbocycles. The first-order valence-corrected chi connectivity index (χ1v) is 12.8. The van der Waals surface area contributed by atoms with Gasteiger partial charge in [-0.25, -0.2) is 0 Å². The second-order valence-electron chi connectivity index (χ2n) is 3.94. The van der Waals surface area contributed by atoms with Crippen molar-refractivity contribution in [3.05, 3.63) is 0 Å². The molecule has 74 valence electrons. The zero-order valence-corrected chi connectivity index (χ0v) is 12.5. The summed E-state index contributed by atoms with van der Waals surface area (Å²) in [5.41, 5.74) is 0. The Kier molecular flexibility index (Phi) is 10.5. The summed E-state index contributed by atoms with van der Waals surface area (Å²) in [5.74, 6) is 0. The van der Waals surface area contributed by atoms with E-state index < -0.39 is 19.8 Å². The number of hydrogen-bond acceptors (Lipinski definition) is 0. The molecular formula is C11H26Sn. The molecule has 0 rings (SSSR count). The molecule has 0 bridgehead atoms. The molecule has 0 aromatic carbocycles. The van der Waals surface area contributed by atoms with Gasteiger partial charge in [0.15, 0.2) is 0 Å². The van der Waals surface area contributed by atoms with Gasteiger partial charge in [0.2, 0.25) is 0 Å². The first kappa shape index (κ1) is 12.8. The third kappa shape index (κ3) is 7.45. The second-order valence-corrected chi connectivity index (χ2v) is 13.8. The molecule has 0 aliphatic heterocycles. The van der Waals surface area contributed by atoms with Gasteiger partial charge in [0.25, 0.3) is 0 Å². The fourth-order valence-electron chi connectivity index (χ4n) is 1.83. The van der Waals surface area contributed by atoms with Crippen molar-refractivity contribution in [1.82, 2.24) is 0 Å². The molecule has 0 N–H and O–H groups in total.